The summed E-state index contributed by atoms with van der Waals surface area (Å²) in [6.07, 6.45) is -3.80. The smallest absolute Gasteiger partial charge is 0.426 e. The van der Waals surface area contributed by atoms with E-state index in [1.54, 1.807) is 13.8 Å². The summed E-state index contributed by atoms with van der Waals surface area (Å²) in [6, 6.07) is 3.63. The summed E-state index contributed by atoms with van der Waals surface area (Å²) >= 11 is 11.1. The van der Waals surface area contributed by atoms with Crippen molar-refractivity contribution in [3.8, 4) is 0 Å². The molecule has 1 aromatic carbocycles. The van der Waals surface area contributed by atoms with Gasteiger partial charge in [-0.3, -0.25) is 4.79 Å². The van der Waals surface area contributed by atoms with E-state index >= 15 is 0 Å². The third-order valence-electron chi connectivity index (χ3n) is 4.15. The molecule has 8 heteroatoms. The second-order valence-electron chi connectivity index (χ2n) is 6.18. The molecule has 1 aliphatic rings. The van der Waals surface area contributed by atoms with Crippen LogP contribution in [0.5, 0.6) is 0 Å². The molecule has 2 atom stereocenters. The molecule has 0 heterocycles. The zero-order valence-electron chi connectivity index (χ0n) is 12.8. The molecule has 1 saturated carbocycles. The minimum Gasteiger partial charge on any atom is -0.461 e. The molecule has 2 nitrogen and oxygen atoms in total. The van der Waals surface area contributed by atoms with E-state index in [0.29, 0.717) is 5.56 Å². The Hall–Kier alpha value is -1.27. The van der Waals surface area contributed by atoms with Gasteiger partial charge in [0.15, 0.2) is 0 Å². The van der Waals surface area contributed by atoms with Gasteiger partial charge in [-0.2, -0.15) is 13.2 Å². The van der Waals surface area contributed by atoms with Crippen LogP contribution in [0.3, 0.4) is 0 Å². The van der Waals surface area contributed by atoms with E-state index < -0.39 is 40.2 Å². The summed E-state index contributed by atoms with van der Waals surface area (Å²) in [4.78, 5) is 12.1. The number of esters is 1. The number of halogens is 6. The third-order valence-corrected chi connectivity index (χ3v) is 4.84. The van der Waals surface area contributed by atoms with Crippen LogP contribution < -0.4 is 0 Å². The van der Waals surface area contributed by atoms with Gasteiger partial charge in [0.25, 0.3) is 0 Å². The van der Waals surface area contributed by atoms with Crippen molar-refractivity contribution in [1.82, 2.24) is 0 Å². The SMILES string of the molecule is CC1(C)[C@H](/C=C(\Cl)C(F)(F)F)[C@@H]1C(=O)OCc1ccc(F)cc1Cl. The van der Waals surface area contributed by atoms with Gasteiger partial charge in [0.2, 0.25) is 0 Å². The lowest BCUT2D eigenvalue weighted by Gasteiger charge is -2.07. The summed E-state index contributed by atoms with van der Waals surface area (Å²) < 4.78 is 55.6. The maximum atomic E-state index is 13.0. The van der Waals surface area contributed by atoms with E-state index in [4.69, 9.17) is 27.9 Å². The number of ether oxygens (including phenoxy) is 1. The van der Waals surface area contributed by atoms with Crippen molar-refractivity contribution >= 4 is 29.2 Å². The fourth-order valence-electron chi connectivity index (χ4n) is 2.57. The molecular formula is C16H14Cl2F4O2. The molecule has 0 spiro atoms. The summed E-state index contributed by atoms with van der Waals surface area (Å²) in [5.41, 5.74) is -0.278. The zero-order valence-corrected chi connectivity index (χ0v) is 14.3. The van der Waals surface area contributed by atoms with Crippen molar-refractivity contribution < 1.29 is 27.1 Å². The zero-order chi connectivity index (χ0) is 18.3. The molecule has 1 aliphatic carbocycles. The van der Waals surface area contributed by atoms with Gasteiger partial charge in [-0.15, -0.1) is 0 Å². The molecule has 0 aromatic heterocycles. The first-order chi connectivity index (χ1) is 10.9. The fourth-order valence-corrected chi connectivity index (χ4v) is 2.93. The van der Waals surface area contributed by atoms with Crippen LogP contribution in [-0.2, 0) is 16.1 Å². The lowest BCUT2D eigenvalue weighted by Crippen LogP contribution is -2.11. The number of hydrogen-bond donors (Lipinski definition) is 0. The van der Waals surface area contributed by atoms with Crippen LogP contribution in [0, 0.1) is 23.1 Å². The Balaban J connectivity index is 2.02. The van der Waals surface area contributed by atoms with Gasteiger partial charge >= 0.3 is 12.1 Å². The van der Waals surface area contributed by atoms with Crippen molar-refractivity contribution in [3.05, 3.63) is 45.7 Å². The topological polar surface area (TPSA) is 26.3 Å². The summed E-state index contributed by atoms with van der Waals surface area (Å²) in [5, 5.41) is -1.15. The van der Waals surface area contributed by atoms with Crippen molar-refractivity contribution in [1.29, 1.82) is 0 Å². The molecule has 1 fully saturated rings. The highest BCUT2D eigenvalue weighted by atomic mass is 35.5. The van der Waals surface area contributed by atoms with E-state index in [0.717, 1.165) is 12.1 Å². The van der Waals surface area contributed by atoms with Crippen molar-refractivity contribution in [2.24, 2.45) is 17.3 Å². The largest absolute Gasteiger partial charge is 0.461 e. The Morgan fingerprint density at radius 2 is 2.00 bits per heavy atom. The van der Waals surface area contributed by atoms with E-state index in [9.17, 15) is 22.4 Å². The summed E-state index contributed by atoms with van der Waals surface area (Å²) in [7, 11) is 0. The Morgan fingerprint density at radius 1 is 1.38 bits per heavy atom. The van der Waals surface area contributed by atoms with Gasteiger partial charge in [-0.05, 0) is 23.5 Å². The predicted molar refractivity (Wildman–Crippen MR) is 82.0 cm³/mol. The Bertz CT molecular complexity index is 683. The highest BCUT2D eigenvalue weighted by molar-refractivity contribution is 6.31. The Morgan fingerprint density at radius 3 is 2.54 bits per heavy atom. The van der Waals surface area contributed by atoms with Gasteiger partial charge in [0.05, 0.1) is 10.9 Å². The summed E-state index contributed by atoms with van der Waals surface area (Å²) in [6.45, 7) is 3.13. The highest BCUT2D eigenvalue weighted by Gasteiger charge is 2.62. The quantitative estimate of drug-likeness (QED) is 0.507. The molecular weight excluding hydrogens is 371 g/mol. The molecule has 0 bridgehead atoms. The van der Waals surface area contributed by atoms with E-state index in [2.05, 4.69) is 0 Å². The van der Waals surface area contributed by atoms with Crippen molar-refractivity contribution in [2.75, 3.05) is 0 Å². The first-order valence-corrected chi connectivity index (χ1v) is 7.75. The number of alkyl halides is 3. The first-order valence-electron chi connectivity index (χ1n) is 6.99. The first kappa shape index (κ1) is 19.1. The van der Waals surface area contributed by atoms with Gasteiger partial charge in [-0.25, -0.2) is 4.39 Å². The molecule has 0 unspecified atom stereocenters. The lowest BCUT2D eigenvalue weighted by atomic mass is 10.1. The van der Waals surface area contributed by atoms with Crippen molar-refractivity contribution in [2.45, 2.75) is 26.6 Å². The maximum absolute atomic E-state index is 13.0. The highest BCUT2D eigenvalue weighted by Crippen LogP contribution is 2.60. The average Bonchev–Trinajstić information content (AvgIpc) is 2.97. The van der Waals surface area contributed by atoms with Gasteiger partial charge in [-0.1, -0.05) is 49.2 Å². The molecule has 2 rings (SSSR count). The number of rotatable bonds is 4. The van der Waals surface area contributed by atoms with E-state index in [1.165, 1.54) is 12.1 Å². The monoisotopic (exact) mass is 384 g/mol. The van der Waals surface area contributed by atoms with Gasteiger partial charge in [0, 0.05) is 5.56 Å². The van der Waals surface area contributed by atoms with Crippen LogP contribution in [0.1, 0.15) is 19.4 Å². The molecule has 0 radical (unpaired) electrons. The average molecular weight is 385 g/mol. The van der Waals surface area contributed by atoms with Crippen LogP contribution >= 0.6 is 23.2 Å². The normalized spacial score (nSPS) is 23.1. The van der Waals surface area contributed by atoms with Crippen LogP contribution in [0.2, 0.25) is 5.02 Å². The molecule has 1 aromatic rings. The second kappa shape index (κ2) is 6.56. The molecule has 0 amide bonds. The minimum atomic E-state index is -4.64. The molecule has 132 valence electrons. The number of carbonyl (C=O) groups is 1. The Kier molecular flexibility index (Phi) is 5.21. The maximum Gasteiger partial charge on any atom is 0.426 e. The van der Waals surface area contributed by atoms with E-state index in [-0.39, 0.29) is 11.6 Å². The molecule has 0 aliphatic heterocycles. The molecule has 0 N–H and O–H groups in total. The fraction of sp³-hybridized carbons (Fsp3) is 0.438. The Labute approximate surface area is 146 Å². The van der Waals surface area contributed by atoms with Gasteiger partial charge in [0.1, 0.15) is 17.5 Å². The number of benzene rings is 1. The number of hydrogen-bond acceptors (Lipinski definition) is 2. The predicted octanol–water partition coefficient (Wildman–Crippen LogP) is 5.48. The molecule has 0 saturated heterocycles. The van der Waals surface area contributed by atoms with E-state index in [1.807, 2.05) is 0 Å². The standard InChI is InChI=1S/C16H14Cl2F4O2/c1-15(2)10(6-12(18)16(20,21)22)13(15)14(23)24-7-8-3-4-9(19)5-11(8)17/h3-6,10,13H,7H2,1-2H3/b12-6-/t10-,13-/m1/s1. The minimum absolute atomic E-state index is 0.106. The number of allylic oxidation sites excluding steroid dienone is 2. The van der Waals surface area contributed by atoms with Crippen LogP contribution in [0.25, 0.3) is 0 Å². The number of carbonyl (C=O) groups excluding carboxylic acids is 1. The second-order valence-corrected chi connectivity index (χ2v) is 7.00. The third kappa shape index (κ3) is 4.03. The molecule has 24 heavy (non-hydrogen) atoms. The van der Waals surface area contributed by atoms with Gasteiger partial charge < -0.3 is 4.74 Å². The van der Waals surface area contributed by atoms with Crippen molar-refractivity contribution in [3.63, 3.8) is 0 Å². The van der Waals surface area contributed by atoms with Crippen LogP contribution in [0.4, 0.5) is 17.6 Å². The van der Waals surface area contributed by atoms with Crippen LogP contribution in [-0.4, -0.2) is 12.1 Å². The summed E-state index contributed by atoms with van der Waals surface area (Å²) in [5.74, 6) is -2.56. The van der Waals surface area contributed by atoms with Crippen LogP contribution in [0.15, 0.2) is 29.3 Å². The lowest BCUT2D eigenvalue weighted by molar-refractivity contribution is -0.147.